The molecule has 218 valence electrons. The molecule has 7 atom stereocenters. The van der Waals surface area contributed by atoms with E-state index in [9.17, 15) is 24.6 Å². The van der Waals surface area contributed by atoms with Gasteiger partial charge in [-0.15, -0.1) is 0 Å². The molecule has 9 heteroatoms. The first-order valence-corrected chi connectivity index (χ1v) is 14.7. The van der Waals surface area contributed by atoms with Crippen LogP contribution in [0.25, 0.3) is 0 Å². The number of carbonyl (C=O) groups excluding carboxylic acids is 3. The number of methoxy groups -OCH3 is 1. The maximum absolute atomic E-state index is 13.9. The zero-order chi connectivity index (χ0) is 28.6. The van der Waals surface area contributed by atoms with Gasteiger partial charge in [-0.2, -0.15) is 0 Å². The van der Waals surface area contributed by atoms with Crippen molar-refractivity contribution in [2.75, 3.05) is 26.8 Å². The molecule has 1 heterocycles. The van der Waals surface area contributed by atoms with Gasteiger partial charge < -0.3 is 29.9 Å². The highest BCUT2D eigenvalue weighted by Gasteiger charge is 2.52. The van der Waals surface area contributed by atoms with Crippen LogP contribution in [-0.4, -0.2) is 78.3 Å². The monoisotopic (exact) mass is 554 g/mol. The van der Waals surface area contributed by atoms with Gasteiger partial charge in [-0.1, -0.05) is 20.3 Å². The highest BCUT2D eigenvalue weighted by atomic mass is 16.5. The van der Waals surface area contributed by atoms with Crippen molar-refractivity contribution in [3.63, 3.8) is 0 Å². The number of nitrogens with one attached hydrogen (secondary N) is 1. The Balaban J connectivity index is 1.51. The van der Waals surface area contributed by atoms with Crippen molar-refractivity contribution in [3.8, 4) is 11.5 Å². The summed E-state index contributed by atoms with van der Waals surface area (Å²) in [5, 5.41) is 23.9. The molecule has 0 aromatic heterocycles. The topological polar surface area (TPSA) is 125 Å². The van der Waals surface area contributed by atoms with Crippen LogP contribution in [0.2, 0.25) is 0 Å². The van der Waals surface area contributed by atoms with Crippen LogP contribution in [0.5, 0.6) is 11.5 Å². The van der Waals surface area contributed by atoms with Crippen LogP contribution in [0.3, 0.4) is 0 Å². The Labute approximate surface area is 235 Å². The zero-order valence-corrected chi connectivity index (χ0v) is 23.7. The van der Waals surface area contributed by atoms with Crippen molar-refractivity contribution in [1.29, 1.82) is 0 Å². The van der Waals surface area contributed by atoms with Crippen molar-refractivity contribution < 1.29 is 34.1 Å². The highest BCUT2D eigenvalue weighted by molar-refractivity contribution is 5.96. The molecule has 2 amide bonds. The van der Waals surface area contributed by atoms with Gasteiger partial charge in [-0.05, 0) is 67.6 Å². The number of aliphatic hydroxyl groups excluding tert-OH is 2. The molecule has 0 saturated heterocycles. The number of carbonyl (C=O) groups is 3. The normalized spacial score (nSPS) is 29.9. The maximum Gasteiger partial charge on any atom is 0.247 e. The fraction of sp³-hybridized carbons (Fsp3) is 0.645. The van der Waals surface area contributed by atoms with E-state index in [4.69, 9.17) is 9.47 Å². The summed E-state index contributed by atoms with van der Waals surface area (Å²) in [6.45, 7) is 4.50. The number of amides is 2. The first-order chi connectivity index (χ1) is 19.2. The van der Waals surface area contributed by atoms with Crippen molar-refractivity contribution in [3.05, 3.63) is 34.9 Å². The third kappa shape index (κ3) is 5.38. The second kappa shape index (κ2) is 11.9. The standard InChI is InChI=1S/C31H42N2O7/c1-17(2)6-8-33(26(36)14-21-11-18-4-5-20(21)10-18)24-15-23(31(38)32-7-9-34)27-22-12-19(16-35)13-25(39-3)29(22)40-30(27)28(24)37/h12-13,15-18,20-21,24,27-28,30,34,37H,4-11,14H2,1-3H3,(H,32,38). The Morgan fingerprint density at radius 2 is 2.05 bits per heavy atom. The van der Waals surface area contributed by atoms with E-state index in [0.717, 1.165) is 18.8 Å². The van der Waals surface area contributed by atoms with E-state index >= 15 is 0 Å². The number of hydrogen-bond acceptors (Lipinski definition) is 7. The van der Waals surface area contributed by atoms with Crippen LogP contribution in [0.15, 0.2) is 23.8 Å². The molecule has 0 radical (unpaired) electrons. The number of aliphatic hydroxyl groups is 2. The highest BCUT2D eigenvalue weighted by Crippen LogP contribution is 2.52. The van der Waals surface area contributed by atoms with E-state index < -0.39 is 30.1 Å². The number of rotatable bonds is 11. The molecule has 7 unspecified atom stereocenters. The summed E-state index contributed by atoms with van der Waals surface area (Å²) in [6, 6.07) is 2.47. The average Bonchev–Trinajstić information content (AvgIpc) is 3.67. The summed E-state index contributed by atoms with van der Waals surface area (Å²) < 4.78 is 11.8. The minimum Gasteiger partial charge on any atom is -0.493 e. The van der Waals surface area contributed by atoms with Gasteiger partial charge in [0.15, 0.2) is 11.5 Å². The summed E-state index contributed by atoms with van der Waals surface area (Å²) in [7, 11) is 1.47. The molecule has 5 rings (SSSR count). The van der Waals surface area contributed by atoms with E-state index in [-0.39, 0.29) is 19.1 Å². The number of nitrogens with zero attached hydrogens (tertiary/aromatic N) is 1. The second-order valence-corrected chi connectivity index (χ2v) is 12.3. The summed E-state index contributed by atoms with van der Waals surface area (Å²) in [5.74, 6) is 1.70. The third-order valence-corrected chi connectivity index (χ3v) is 9.36. The minimum atomic E-state index is -1.10. The van der Waals surface area contributed by atoms with Gasteiger partial charge >= 0.3 is 0 Å². The molecule has 4 aliphatic rings. The smallest absolute Gasteiger partial charge is 0.247 e. The summed E-state index contributed by atoms with van der Waals surface area (Å²) in [5.41, 5.74) is 1.29. The largest absolute Gasteiger partial charge is 0.493 e. The molecule has 1 aliphatic heterocycles. The second-order valence-electron chi connectivity index (χ2n) is 12.3. The van der Waals surface area contributed by atoms with E-state index in [1.807, 2.05) is 0 Å². The van der Waals surface area contributed by atoms with Crippen LogP contribution in [0.1, 0.15) is 74.2 Å². The predicted molar refractivity (Wildman–Crippen MR) is 148 cm³/mol. The molecule has 9 nitrogen and oxygen atoms in total. The lowest BCUT2D eigenvalue weighted by atomic mass is 9.77. The number of fused-ring (bicyclic) bond motifs is 5. The van der Waals surface area contributed by atoms with E-state index in [2.05, 4.69) is 19.2 Å². The van der Waals surface area contributed by atoms with Gasteiger partial charge in [0, 0.05) is 36.2 Å². The summed E-state index contributed by atoms with van der Waals surface area (Å²) >= 11 is 0. The lowest BCUT2D eigenvalue weighted by Crippen LogP contribution is -2.56. The molecule has 2 bridgehead atoms. The summed E-state index contributed by atoms with van der Waals surface area (Å²) in [4.78, 5) is 40.8. The van der Waals surface area contributed by atoms with E-state index in [1.54, 1.807) is 23.1 Å². The molecule has 0 spiro atoms. The fourth-order valence-corrected chi connectivity index (χ4v) is 7.36. The van der Waals surface area contributed by atoms with Crippen molar-refractivity contribution in [1.82, 2.24) is 10.2 Å². The molecule has 2 fully saturated rings. The lowest BCUT2D eigenvalue weighted by Gasteiger charge is -2.41. The number of benzene rings is 1. The Morgan fingerprint density at radius 3 is 2.67 bits per heavy atom. The molecular weight excluding hydrogens is 512 g/mol. The Morgan fingerprint density at radius 1 is 1.25 bits per heavy atom. The van der Waals surface area contributed by atoms with Crippen molar-refractivity contribution in [2.45, 2.75) is 76.5 Å². The summed E-state index contributed by atoms with van der Waals surface area (Å²) in [6.07, 6.45) is 6.42. The van der Waals surface area contributed by atoms with Gasteiger partial charge in [-0.3, -0.25) is 14.4 Å². The Bertz CT molecular complexity index is 1160. The average molecular weight is 555 g/mol. The third-order valence-electron chi connectivity index (χ3n) is 9.36. The van der Waals surface area contributed by atoms with Crippen molar-refractivity contribution in [2.24, 2.45) is 23.7 Å². The maximum atomic E-state index is 13.9. The van der Waals surface area contributed by atoms with E-state index in [0.29, 0.717) is 65.2 Å². The zero-order valence-electron chi connectivity index (χ0n) is 23.7. The molecule has 1 aromatic rings. The molecule has 2 saturated carbocycles. The van der Waals surface area contributed by atoms with Gasteiger partial charge in [-0.25, -0.2) is 0 Å². The first kappa shape index (κ1) is 28.6. The number of aldehydes is 1. The van der Waals surface area contributed by atoms with Crippen molar-refractivity contribution >= 4 is 18.1 Å². The lowest BCUT2D eigenvalue weighted by molar-refractivity contribution is -0.138. The molecule has 40 heavy (non-hydrogen) atoms. The van der Waals surface area contributed by atoms with Crippen LogP contribution < -0.4 is 14.8 Å². The van der Waals surface area contributed by atoms with Crippen LogP contribution in [0, 0.1) is 23.7 Å². The van der Waals surface area contributed by atoms with Crippen LogP contribution in [0.4, 0.5) is 0 Å². The Kier molecular flexibility index (Phi) is 8.52. The molecule has 1 aromatic carbocycles. The fourth-order valence-electron chi connectivity index (χ4n) is 7.36. The van der Waals surface area contributed by atoms with Crippen LogP contribution in [-0.2, 0) is 9.59 Å². The van der Waals surface area contributed by atoms with Gasteiger partial charge in [0.25, 0.3) is 0 Å². The predicted octanol–water partition coefficient (Wildman–Crippen LogP) is 2.83. The SMILES string of the molecule is COc1cc(C=O)cc2c1OC1C2C(C(=O)NCCO)=CC(N(CCC(C)C)C(=O)CC2CC3CCC2C3)C1O. The van der Waals surface area contributed by atoms with E-state index in [1.165, 1.54) is 26.4 Å². The molecule has 3 aliphatic carbocycles. The van der Waals surface area contributed by atoms with Gasteiger partial charge in [0.05, 0.1) is 25.7 Å². The molecular formula is C31H42N2O7. The minimum absolute atomic E-state index is 0.00315. The quantitative estimate of drug-likeness (QED) is 0.359. The molecule has 3 N–H and O–H groups in total. The van der Waals surface area contributed by atoms with Gasteiger partial charge in [0.2, 0.25) is 11.8 Å². The number of ether oxygens (including phenoxy) is 2. The Hall–Kier alpha value is -2.91. The number of hydrogen-bond donors (Lipinski definition) is 3. The van der Waals surface area contributed by atoms with Crippen LogP contribution >= 0.6 is 0 Å². The van der Waals surface area contributed by atoms with Gasteiger partial charge in [0.1, 0.15) is 18.5 Å². The first-order valence-electron chi connectivity index (χ1n) is 14.7.